The van der Waals surface area contributed by atoms with Crippen molar-refractivity contribution in [2.75, 3.05) is 12.4 Å². The number of carbonyl (C=O) groups excluding carboxylic acids is 1. The van der Waals surface area contributed by atoms with Crippen molar-refractivity contribution in [1.29, 1.82) is 0 Å². The van der Waals surface area contributed by atoms with E-state index in [1.165, 1.54) is 0 Å². The Morgan fingerprint density at radius 1 is 1.10 bits per heavy atom. The molecule has 2 nitrogen and oxygen atoms in total. The summed E-state index contributed by atoms with van der Waals surface area (Å²) in [5, 5.41) is 0. The average molecular weight is 351 g/mol. The summed E-state index contributed by atoms with van der Waals surface area (Å²) in [5.41, 5.74) is 0.720. The van der Waals surface area contributed by atoms with Crippen LogP contribution in [0.4, 0.5) is 0 Å². The van der Waals surface area contributed by atoms with Crippen LogP contribution in [-0.2, 0) is 0 Å². The number of benzene rings is 2. The zero-order valence-electron chi connectivity index (χ0n) is 11.1. The molecule has 2 aromatic carbocycles. The Morgan fingerprint density at radius 3 is 2.35 bits per heavy atom. The van der Waals surface area contributed by atoms with Crippen molar-refractivity contribution in [3.8, 4) is 5.75 Å². The standard InChI is InChI=1S/C16H15BrO2S/c1-2-19-14-7-3-12(4-8-14)16(18)11-20-15-9-5-13(17)6-10-15/h3-10H,2,11H2,1H3. The van der Waals surface area contributed by atoms with Gasteiger partial charge in [-0.1, -0.05) is 15.9 Å². The molecule has 4 heteroatoms. The second-order valence-corrected chi connectivity index (χ2v) is 6.09. The van der Waals surface area contributed by atoms with E-state index in [2.05, 4.69) is 15.9 Å². The fourth-order valence-electron chi connectivity index (χ4n) is 1.67. The van der Waals surface area contributed by atoms with Crippen LogP contribution in [0.3, 0.4) is 0 Å². The fraction of sp³-hybridized carbons (Fsp3) is 0.188. The van der Waals surface area contributed by atoms with Crippen LogP contribution in [0, 0.1) is 0 Å². The minimum atomic E-state index is 0.126. The van der Waals surface area contributed by atoms with E-state index in [1.807, 2.05) is 55.5 Å². The second kappa shape index (κ2) is 7.50. The Balaban J connectivity index is 1.92. The second-order valence-electron chi connectivity index (χ2n) is 4.12. The zero-order valence-corrected chi connectivity index (χ0v) is 13.5. The van der Waals surface area contributed by atoms with E-state index in [1.54, 1.807) is 11.8 Å². The molecule has 104 valence electrons. The number of carbonyl (C=O) groups is 1. The van der Waals surface area contributed by atoms with Crippen molar-refractivity contribution in [1.82, 2.24) is 0 Å². The third-order valence-corrected chi connectivity index (χ3v) is 4.21. The van der Waals surface area contributed by atoms with Crippen LogP contribution in [0.1, 0.15) is 17.3 Å². The Kier molecular flexibility index (Phi) is 5.68. The molecular weight excluding hydrogens is 336 g/mol. The number of ether oxygens (including phenoxy) is 1. The molecule has 0 aliphatic carbocycles. The molecule has 0 heterocycles. The van der Waals surface area contributed by atoms with Gasteiger partial charge in [-0.05, 0) is 55.5 Å². The molecule has 0 fully saturated rings. The van der Waals surface area contributed by atoms with Crippen molar-refractivity contribution < 1.29 is 9.53 Å². The van der Waals surface area contributed by atoms with Gasteiger partial charge >= 0.3 is 0 Å². The predicted molar refractivity (Wildman–Crippen MR) is 86.8 cm³/mol. The maximum atomic E-state index is 12.1. The minimum absolute atomic E-state index is 0.126. The number of hydrogen-bond acceptors (Lipinski definition) is 3. The van der Waals surface area contributed by atoms with Gasteiger partial charge in [0.15, 0.2) is 5.78 Å². The van der Waals surface area contributed by atoms with E-state index >= 15 is 0 Å². The molecule has 0 amide bonds. The molecular formula is C16H15BrO2S. The van der Waals surface area contributed by atoms with Crippen LogP contribution in [0.25, 0.3) is 0 Å². The third kappa shape index (κ3) is 4.39. The van der Waals surface area contributed by atoms with Crippen LogP contribution in [-0.4, -0.2) is 18.1 Å². The minimum Gasteiger partial charge on any atom is -0.494 e. The first kappa shape index (κ1) is 15.1. The first-order chi connectivity index (χ1) is 9.69. The molecule has 0 unspecified atom stereocenters. The van der Waals surface area contributed by atoms with E-state index in [4.69, 9.17) is 4.74 Å². The highest BCUT2D eigenvalue weighted by atomic mass is 79.9. The molecule has 0 saturated carbocycles. The lowest BCUT2D eigenvalue weighted by atomic mass is 10.1. The van der Waals surface area contributed by atoms with Gasteiger partial charge in [-0.25, -0.2) is 0 Å². The summed E-state index contributed by atoms with van der Waals surface area (Å²) in [6.07, 6.45) is 0. The van der Waals surface area contributed by atoms with Gasteiger partial charge in [0.25, 0.3) is 0 Å². The lowest BCUT2D eigenvalue weighted by molar-refractivity contribution is 0.102. The van der Waals surface area contributed by atoms with E-state index in [-0.39, 0.29) is 5.78 Å². The normalized spacial score (nSPS) is 10.3. The Bertz CT molecular complexity index is 564. The van der Waals surface area contributed by atoms with Crippen molar-refractivity contribution in [3.63, 3.8) is 0 Å². The summed E-state index contributed by atoms with van der Waals surface area (Å²) in [6, 6.07) is 15.3. The lowest BCUT2D eigenvalue weighted by Gasteiger charge is -2.05. The molecule has 0 radical (unpaired) electrons. The maximum Gasteiger partial charge on any atom is 0.173 e. The Hall–Kier alpha value is -1.26. The highest BCUT2D eigenvalue weighted by Crippen LogP contribution is 2.22. The summed E-state index contributed by atoms with van der Waals surface area (Å²) in [4.78, 5) is 13.2. The van der Waals surface area contributed by atoms with Crippen LogP contribution >= 0.6 is 27.7 Å². The fourth-order valence-corrected chi connectivity index (χ4v) is 2.72. The summed E-state index contributed by atoms with van der Waals surface area (Å²) in [5.74, 6) is 1.36. The number of hydrogen-bond donors (Lipinski definition) is 0. The quantitative estimate of drug-likeness (QED) is 0.551. The molecule has 0 spiro atoms. The zero-order chi connectivity index (χ0) is 14.4. The summed E-state index contributed by atoms with van der Waals surface area (Å²) in [6.45, 7) is 2.57. The Labute approximate surface area is 131 Å². The largest absolute Gasteiger partial charge is 0.494 e. The molecule has 0 aromatic heterocycles. The number of thioether (sulfide) groups is 1. The van der Waals surface area contributed by atoms with Gasteiger partial charge in [0.2, 0.25) is 0 Å². The topological polar surface area (TPSA) is 26.3 Å². The van der Waals surface area contributed by atoms with E-state index in [0.29, 0.717) is 12.4 Å². The molecule has 0 bridgehead atoms. The number of Topliss-reactive ketones (excluding diaryl/α,β-unsaturated/α-hetero) is 1. The van der Waals surface area contributed by atoms with Gasteiger partial charge in [-0.3, -0.25) is 4.79 Å². The maximum absolute atomic E-state index is 12.1. The van der Waals surface area contributed by atoms with Crippen molar-refractivity contribution >= 4 is 33.5 Å². The van der Waals surface area contributed by atoms with Crippen LogP contribution in [0.5, 0.6) is 5.75 Å². The van der Waals surface area contributed by atoms with Crippen molar-refractivity contribution in [2.24, 2.45) is 0 Å². The van der Waals surface area contributed by atoms with E-state index in [9.17, 15) is 4.79 Å². The molecule has 0 aliphatic rings. The molecule has 0 saturated heterocycles. The van der Waals surface area contributed by atoms with Crippen LogP contribution in [0.2, 0.25) is 0 Å². The Morgan fingerprint density at radius 2 is 1.75 bits per heavy atom. The molecule has 0 aliphatic heterocycles. The lowest BCUT2D eigenvalue weighted by Crippen LogP contribution is -2.02. The summed E-state index contributed by atoms with van der Waals surface area (Å²) in [7, 11) is 0. The number of ketones is 1. The van der Waals surface area contributed by atoms with Gasteiger partial charge in [0.1, 0.15) is 5.75 Å². The van der Waals surface area contributed by atoms with Crippen LogP contribution < -0.4 is 4.74 Å². The van der Waals surface area contributed by atoms with Gasteiger partial charge in [0, 0.05) is 14.9 Å². The average Bonchev–Trinajstić information content (AvgIpc) is 2.47. The van der Waals surface area contributed by atoms with E-state index < -0.39 is 0 Å². The molecule has 0 atom stereocenters. The molecule has 0 N–H and O–H groups in total. The van der Waals surface area contributed by atoms with Gasteiger partial charge < -0.3 is 4.74 Å². The van der Waals surface area contributed by atoms with Gasteiger partial charge in [-0.15, -0.1) is 11.8 Å². The highest BCUT2D eigenvalue weighted by molar-refractivity contribution is 9.10. The summed E-state index contributed by atoms with van der Waals surface area (Å²) >= 11 is 4.94. The van der Waals surface area contributed by atoms with Crippen molar-refractivity contribution in [3.05, 3.63) is 58.6 Å². The first-order valence-electron chi connectivity index (χ1n) is 6.33. The monoisotopic (exact) mass is 350 g/mol. The van der Waals surface area contributed by atoms with Gasteiger partial charge in [-0.2, -0.15) is 0 Å². The van der Waals surface area contributed by atoms with Gasteiger partial charge in [0.05, 0.1) is 12.4 Å². The molecule has 20 heavy (non-hydrogen) atoms. The molecule has 2 rings (SSSR count). The smallest absolute Gasteiger partial charge is 0.173 e. The van der Waals surface area contributed by atoms with Crippen molar-refractivity contribution in [2.45, 2.75) is 11.8 Å². The molecule has 2 aromatic rings. The number of rotatable bonds is 6. The highest BCUT2D eigenvalue weighted by Gasteiger charge is 2.07. The van der Waals surface area contributed by atoms with E-state index in [0.717, 1.165) is 20.7 Å². The number of halogens is 1. The SMILES string of the molecule is CCOc1ccc(C(=O)CSc2ccc(Br)cc2)cc1. The van der Waals surface area contributed by atoms with Crippen LogP contribution in [0.15, 0.2) is 57.9 Å². The first-order valence-corrected chi connectivity index (χ1v) is 8.11. The third-order valence-electron chi connectivity index (χ3n) is 2.67. The summed E-state index contributed by atoms with van der Waals surface area (Å²) < 4.78 is 6.40. The predicted octanol–water partition coefficient (Wildman–Crippen LogP) is 4.82.